The van der Waals surface area contributed by atoms with Gasteiger partial charge in [-0.05, 0) is 92.6 Å². The molecule has 6 nitrogen and oxygen atoms in total. The number of nitrogens with zero attached hydrogens (tertiary/aromatic N) is 2. The Bertz CT molecular complexity index is 1500. The second-order valence-corrected chi connectivity index (χ2v) is 9.57. The molecule has 0 aliphatic carbocycles. The van der Waals surface area contributed by atoms with Gasteiger partial charge in [0.15, 0.2) is 0 Å². The number of carbonyl (C=O) groups excluding carboxylic acids is 1. The molecule has 0 fully saturated rings. The van der Waals surface area contributed by atoms with Gasteiger partial charge in [0.05, 0.1) is 6.61 Å². The maximum atomic E-state index is 12.8. The Morgan fingerprint density at radius 3 is 2.42 bits per heavy atom. The molecule has 1 amide bonds. The summed E-state index contributed by atoms with van der Waals surface area (Å²) in [6.45, 7) is 6.87. The van der Waals surface area contributed by atoms with Crippen molar-refractivity contribution in [1.29, 1.82) is 5.26 Å². The molecule has 0 saturated heterocycles. The highest BCUT2D eigenvalue weighted by Crippen LogP contribution is 2.25. The minimum absolute atomic E-state index is 0.0174. The lowest BCUT2D eigenvalue weighted by atomic mass is 10.1. The first-order chi connectivity index (χ1) is 18.4. The van der Waals surface area contributed by atoms with Crippen molar-refractivity contribution in [3.8, 4) is 23.3 Å². The molecule has 3 aromatic carbocycles. The van der Waals surface area contributed by atoms with Crippen LogP contribution in [0.2, 0.25) is 0 Å². The minimum atomic E-state index is -0.474. The molecule has 4 aromatic rings. The van der Waals surface area contributed by atoms with Gasteiger partial charge in [-0.25, -0.2) is 0 Å². The lowest BCUT2D eigenvalue weighted by Gasteiger charge is -2.12. The fourth-order valence-electron chi connectivity index (χ4n) is 4.10. The van der Waals surface area contributed by atoms with Gasteiger partial charge in [-0.1, -0.05) is 34.1 Å². The first-order valence-corrected chi connectivity index (χ1v) is 13.0. The third-order valence-corrected chi connectivity index (χ3v) is 6.48. The van der Waals surface area contributed by atoms with Gasteiger partial charge in [-0.15, -0.1) is 0 Å². The summed E-state index contributed by atoms with van der Waals surface area (Å²) in [5.74, 6) is 0.954. The number of ether oxygens (including phenoxy) is 2. The Hall–Kier alpha value is -4.28. The Labute approximate surface area is 231 Å². The zero-order valence-electron chi connectivity index (χ0n) is 21.5. The van der Waals surface area contributed by atoms with Crippen LogP contribution >= 0.6 is 15.9 Å². The van der Waals surface area contributed by atoms with Crippen LogP contribution in [0.5, 0.6) is 11.5 Å². The normalized spacial score (nSPS) is 11.1. The summed E-state index contributed by atoms with van der Waals surface area (Å²) >= 11 is 3.44. The number of anilines is 1. The van der Waals surface area contributed by atoms with E-state index in [1.165, 1.54) is 0 Å². The van der Waals surface area contributed by atoms with E-state index in [9.17, 15) is 10.1 Å². The van der Waals surface area contributed by atoms with E-state index in [-0.39, 0.29) is 5.57 Å². The molecule has 0 aliphatic rings. The van der Waals surface area contributed by atoms with Crippen molar-refractivity contribution in [3.63, 3.8) is 0 Å². The number of rotatable bonds is 9. The number of hydrogen-bond acceptors (Lipinski definition) is 4. The van der Waals surface area contributed by atoms with E-state index in [0.29, 0.717) is 24.7 Å². The van der Waals surface area contributed by atoms with E-state index in [1.807, 2.05) is 87.5 Å². The van der Waals surface area contributed by atoms with E-state index in [4.69, 9.17) is 9.47 Å². The van der Waals surface area contributed by atoms with Crippen LogP contribution in [-0.2, 0) is 11.4 Å². The number of hydrogen-bond donors (Lipinski definition) is 1. The smallest absolute Gasteiger partial charge is 0.266 e. The molecule has 0 radical (unpaired) electrons. The number of carbonyl (C=O) groups is 1. The molecule has 7 heteroatoms. The molecule has 38 heavy (non-hydrogen) atoms. The standard InChI is InChI=1S/C31H28BrN3O3/c1-4-37-30-7-5-6-27(18-30)34-31(36)25(19-33)17-24-16-21(2)35(22(24)3)28-12-14-29(15-13-28)38-20-23-8-10-26(32)11-9-23/h5-18H,4,20H2,1-3H3,(H,34,36)/b25-17-. The second kappa shape index (κ2) is 12.3. The Kier molecular flexibility index (Phi) is 8.67. The van der Waals surface area contributed by atoms with Crippen LogP contribution in [0.1, 0.15) is 29.4 Å². The molecule has 0 atom stereocenters. The van der Waals surface area contributed by atoms with E-state index >= 15 is 0 Å². The summed E-state index contributed by atoms with van der Waals surface area (Å²) in [7, 11) is 0. The number of aryl methyl sites for hydroxylation is 1. The molecule has 0 spiro atoms. The van der Waals surface area contributed by atoms with Crippen LogP contribution in [0.3, 0.4) is 0 Å². The lowest BCUT2D eigenvalue weighted by Crippen LogP contribution is -2.13. The first-order valence-electron chi connectivity index (χ1n) is 12.2. The monoisotopic (exact) mass is 569 g/mol. The van der Waals surface area contributed by atoms with E-state index < -0.39 is 5.91 Å². The topological polar surface area (TPSA) is 76.3 Å². The highest BCUT2D eigenvalue weighted by Gasteiger charge is 2.14. The average Bonchev–Trinajstić information content (AvgIpc) is 3.19. The maximum Gasteiger partial charge on any atom is 0.266 e. The summed E-state index contributed by atoms with van der Waals surface area (Å²) in [6.07, 6.45) is 1.62. The molecule has 192 valence electrons. The van der Waals surface area contributed by atoms with Crippen LogP contribution in [0, 0.1) is 25.2 Å². The fraction of sp³-hybridized carbons (Fsp3) is 0.161. The third-order valence-electron chi connectivity index (χ3n) is 5.95. The first kappa shape index (κ1) is 26.8. The Morgan fingerprint density at radius 1 is 1.00 bits per heavy atom. The Balaban J connectivity index is 1.49. The third kappa shape index (κ3) is 6.53. The van der Waals surface area contributed by atoms with Crippen molar-refractivity contribution in [1.82, 2.24) is 4.57 Å². The van der Waals surface area contributed by atoms with Gasteiger partial charge in [-0.2, -0.15) is 5.26 Å². The molecule has 0 aliphatic heterocycles. The minimum Gasteiger partial charge on any atom is -0.494 e. The van der Waals surface area contributed by atoms with Gasteiger partial charge in [0.2, 0.25) is 0 Å². The van der Waals surface area contributed by atoms with E-state index in [1.54, 1.807) is 24.3 Å². The fourth-order valence-corrected chi connectivity index (χ4v) is 4.37. The van der Waals surface area contributed by atoms with Crippen LogP contribution in [-0.4, -0.2) is 17.1 Å². The van der Waals surface area contributed by atoms with Crippen molar-refractivity contribution in [3.05, 3.63) is 111 Å². The predicted octanol–water partition coefficient (Wildman–Crippen LogP) is 7.38. The van der Waals surface area contributed by atoms with Crippen molar-refractivity contribution in [2.75, 3.05) is 11.9 Å². The lowest BCUT2D eigenvalue weighted by molar-refractivity contribution is -0.112. The number of amides is 1. The van der Waals surface area contributed by atoms with Crippen LogP contribution in [0.15, 0.2) is 88.9 Å². The summed E-state index contributed by atoms with van der Waals surface area (Å²) in [5.41, 5.74) is 5.34. The Morgan fingerprint density at radius 2 is 1.74 bits per heavy atom. The van der Waals surface area contributed by atoms with Crippen LogP contribution in [0.25, 0.3) is 11.8 Å². The van der Waals surface area contributed by atoms with E-state index in [0.717, 1.165) is 38.4 Å². The molecule has 1 aromatic heterocycles. The summed E-state index contributed by atoms with van der Waals surface area (Å²) in [6, 6.07) is 27.0. The van der Waals surface area contributed by atoms with Gasteiger partial charge in [0.1, 0.15) is 29.7 Å². The van der Waals surface area contributed by atoms with E-state index in [2.05, 4.69) is 25.8 Å². The molecule has 0 unspecified atom stereocenters. The quantitative estimate of drug-likeness (QED) is 0.168. The van der Waals surface area contributed by atoms with Crippen LogP contribution < -0.4 is 14.8 Å². The summed E-state index contributed by atoms with van der Waals surface area (Å²) in [4.78, 5) is 12.8. The number of benzene rings is 3. The van der Waals surface area contributed by atoms with Gasteiger partial charge in [0, 0.05) is 33.3 Å². The highest BCUT2D eigenvalue weighted by molar-refractivity contribution is 9.10. The second-order valence-electron chi connectivity index (χ2n) is 8.66. The molecule has 0 saturated carbocycles. The zero-order valence-corrected chi connectivity index (χ0v) is 23.1. The van der Waals surface area contributed by atoms with Gasteiger partial charge < -0.3 is 19.4 Å². The summed E-state index contributed by atoms with van der Waals surface area (Å²) in [5, 5.41) is 12.5. The summed E-state index contributed by atoms with van der Waals surface area (Å²) < 4.78 is 14.5. The molecular weight excluding hydrogens is 542 g/mol. The van der Waals surface area contributed by atoms with Gasteiger partial charge in [-0.3, -0.25) is 4.79 Å². The van der Waals surface area contributed by atoms with Gasteiger partial charge >= 0.3 is 0 Å². The average molecular weight is 570 g/mol. The van der Waals surface area contributed by atoms with Crippen molar-refractivity contribution < 1.29 is 14.3 Å². The van der Waals surface area contributed by atoms with Gasteiger partial charge in [0.25, 0.3) is 5.91 Å². The zero-order chi connectivity index (χ0) is 27.1. The number of nitrogens with one attached hydrogen (secondary N) is 1. The number of nitriles is 1. The molecule has 1 N–H and O–H groups in total. The SMILES string of the molecule is CCOc1cccc(NC(=O)/C(C#N)=C\c2cc(C)n(-c3ccc(OCc4ccc(Br)cc4)cc3)c2C)c1. The number of aromatic nitrogens is 1. The van der Waals surface area contributed by atoms with Crippen LogP contribution in [0.4, 0.5) is 5.69 Å². The van der Waals surface area contributed by atoms with Crippen molar-refractivity contribution in [2.45, 2.75) is 27.4 Å². The number of halogens is 1. The maximum absolute atomic E-state index is 12.8. The largest absolute Gasteiger partial charge is 0.494 e. The van der Waals surface area contributed by atoms with Crippen molar-refractivity contribution >= 4 is 33.6 Å². The predicted molar refractivity (Wildman–Crippen MR) is 154 cm³/mol. The highest BCUT2D eigenvalue weighted by atomic mass is 79.9. The van der Waals surface area contributed by atoms with Crippen molar-refractivity contribution in [2.24, 2.45) is 0 Å². The molecule has 0 bridgehead atoms. The molecule has 4 rings (SSSR count). The molecule has 1 heterocycles. The molecular formula is C31H28BrN3O3.